The normalized spacial score (nSPS) is 18.8. The molecule has 0 saturated carbocycles. The number of carbonyl (C=O) groups is 2. The van der Waals surface area contributed by atoms with Gasteiger partial charge in [0, 0.05) is 42.6 Å². The molecule has 162 valence electrons. The van der Waals surface area contributed by atoms with Crippen LogP contribution >= 0.6 is 0 Å². The standard InChI is InChI=1S/C24H33N3O3/c1-24(2,30)16-17-8-12-27(13-9-17)23(29)21-15-19-14-18(6-7-20(19)25-21)22(28)26-10-4-3-5-11-26/h6-7,14-15,17,25,30H,3-5,8-13,16H2,1-2H3. The third-order valence-corrected chi connectivity index (χ3v) is 6.43. The maximum atomic E-state index is 13.0. The molecule has 0 bridgehead atoms. The molecule has 2 fully saturated rings. The molecule has 2 N–H and O–H groups in total. The average Bonchev–Trinajstić information content (AvgIpc) is 3.16. The lowest BCUT2D eigenvalue weighted by Crippen LogP contribution is -2.40. The summed E-state index contributed by atoms with van der Waals surface area (Å²) in [6.07, 6.45) is 5.96. The van der Waals surface area contributed by atoms with Crippen LogP contribution in [0.25, 0.3) is 10.9 Å². The first-order valence-electron chi connectivity index (χ1n) is 11.2. The van der Waals surface area contributed by atoms with Gasteiger partial charge < -0.3 is 19.9 Å². The van der Waals surface area contributed by atoms with Gasteiger partial charge in [-0.1, -0.05) is 0 Å². The van der Waals surface area contributed by atoms with Crippen LogP contribution in [0.15, 0.2) is 24.3 Å². The fourth-order valence-electron chi connectivity index (χ4n) is 4.88. The van der Waals surface area contributed by atoms with Crippen molar-refractivity contribution in [3.05, 3.63) is 35.5 Å². The highest BCUT2D eigenvalue weighted by Crippen LogP contribution is 2.27. The molecule has 0 aliphatic carbocycles. The Balaban J connectivity index is 1.43. The van der Waals surface area contributed by atoms with Crippen molar-refractivity contribution >= 4 is 22.7 Å². The van der Waals surface area contributed by atoms with Crippen molar-refractivity contribution in [3.63, 3.8) is 0 Å². The molecule has 0 atom stereocenters. The highest BCUT2D eigenvalue weighted by atomic mass is 16.3. The van der Waals surface area contributed by atoms with Crippen molar-refractivity contribution in [1.82, 2.24) is 14.8 Å². The molecule has 2 saturated heterocycles. The van der Waals surface area contributed by atoms with Crippen molar-refractivity contribution in [1.29, 1.82) is 0 Å². The Hall–Kier alpha value is -2.34. The molecular formula is C24H33N3O3. The molecule has 1 aromatic carbocycles. The lowest BCUT2D eigenvalue weighted by atomic mass is 9.86. The van der Waals surface area contributed by atoms with Crippen LogP contribution in [-0.4, -0.2) is 63.5 Å². The average molecular weight is 412 g/mol. The molecule has 4 rings (SSSR count). The Morgan fingerprint density at radius 3 is 2.33 bits per heavy atom. The maximum absolute atomic E-state index is 13.0. The van der Waals surface area contributed by atoms with E-state index >= 15 is 0 Å². The number of piperidine rings is 2. The molecule has 6 nitrogen and oxygen atoms in total. The van der Waals surface area contributed by atoms with E-state index in [2.05, 4.69) is 4.98 Å². The SMILES string of the molecule is CC(C)(O)CC1CCN(C(=O)c2cc3cc(C(=O)N4CCCCC4)ccc3[nH]2)CC1. The summed E-state index contributed by atoms with van der Waals surface area (Å²) in [5, 5.41) is 10.9. The first-order chi connectivity index (χ1) is 14.3. The van der Waals surface area contributed by atoms with E-state index in [9.17, 15) is 14.7 Å². The van der Waals surface area contributed by atoms with E-state index in [4.69, 9.17) is 0 Å². The van der Waals surface area contributed by atoms with Gasteiger partial charge in [-0.2, -0.15) is 0 Å². The zero-order chi connectivity index (χ0) is 21.3. The van der Waals surface area contributed by atoms with Gasteiger partial charge in [-0.25, -0.2) is 0 Å². The number of aliphatic hydroxyl groups is 1. The van der Waals surface area contributed by atoms with Gasteiger partial charge >= 0.3 is 0 Å². The number of nitrogens with zero attached hydrogens (tertiary/aromatic N) is 2. The molecular weight excluding hydrogens is 378 g/mol. The van der Waals surface area contributed by atoms with Crippen molar-refractivity contribution in [3.8, 4) is 0 Å². The first-order valence-corrected chi connectivity index (χ1v) is 11.2. The highest BCUT2D eigenvalue weighted by Gasteiger charge is 2.28. The van der Waals surface area contributed by atoms with E-state index in [1.54, 1.807) is 0 Å². The lowest BCUT2D eigenvalue weighted by molar-refractivity contribution is 0.0357. The maximum Gasteiger partial charge on any atom is 0.270 e. The molecule has 0 unspecified atom stereocenters. The lowest BCUT2D eigenvalue weighted by Gasteiger charge is -2.34. The molecule has 2 aliphatic rings. The van der Waals surface area contributed by atoms with Gasteiger partial charge in [-0.3, -0.25) is 9.59 Å². The van der Waals surface area contributed by atoms with Crippen LogP contribution in [0, 0.1) is 5.92 Å². The Kier molecular flexibility index (Phi) is 5.87. The summed E-state index contributed by atoms with van der Waals surface area (Å²) in [6.45, 7) is 6.79. The number of carbonyl (C=O) groups excluding carboxylic acids is 2. The fraction of sp³-hybridized carbons (Fsp3) is 0.583. The largest absolute Gasteiger partial charge is 0.390 e. The van der Waals surface area contributed by atoms with E-state index in [0.29, 0.717) is 30.3 Å². The predicted octanol–water partition coefficient (Wildman–Crippen LogP) is 3.81. The highest BCUT2D eigenvalue weighted by molar-refractivity contribution is 6.01. The van der Waals surface area contributed by atoms with Gasteiger partial charge in [-0.15, -0.1) is 0 Å². The molecule has 2 aromatic rings. The Morgan fingerprint density at radius 1 is 1.00 bits per heavy atom. The molecule has 0 radical (unpaired) electrons. The number of aromatic amines is 1. The number of aromatic nitrogens is 1. The molecule has 1 aromatic heterocycles. The number of fused-ring (bicyclic) bond motifs is 1. The second kappa shape index (κ2) is 8.42. The van der Waals surface area contributed by atoms with E-state index in [-0.39, 0.29) is 11.8 Å². The summed E-state index contributed by atoms with van der Waals surface area (Å²) in [5.74, 6) is 0.552. The van der Waals surface area contributed by atoms with E-state index in [0.717, 1.165) is 56.1 Å². The van der Waals surface area contributed by atoms with Crippen molar-refractivity contribution < 1.29 is 14.7 Å². The molecule has 0 spiro atoms. The van der Waals surface area contributed by atoms with Crippen molar-refractivity contribution in [2.75, 3.05) is 26.2 Å². The topological polar surface area (TPSA) is 76.6 Å². The van der Waals surface area contributed by atoms with E-state index in [1.165, 1.54) is 6.42 Å². The van der Waals surface area contributed by atoms with Gasteiger partial charge in [0.1, 0.15) is 5.69 Å². The Labute approximate surface area is 178 Å². The van der Waals surface area contributed by atoms with Crippen molar-refractivity contribution in [2.45, 2.75) is 58.0 Å². The van der Waals surface area contributed by atoms with Crippen LogP contribution < -0.4 is 0 Å². The Bertz CT molecular complexity index is 913. The molecule has 30 heavy (non-hydrogen) atoms. The molecule has 6 heteroatoms. The minimum atomic E-state index is -0.655. The summed E-state index contributed by atoms with van der Waals surface area (Å²) in [4.78, 5) is 32.8. The number of amides is 2. The minimum Gasteiger partial charge on any atom is -0.390 e. The summed E-state index contributed by atoms with van der Waals surface area (Å²) in [5.41, 5.74) is 1.49. The van der Waals surface area contributed by atoms with Crippen LogP contribution in [-0.2, 0) is 0 Å². The second-order valence-corrected chi connectivity index (χ2v) is 9.59. The number of likely N-dealkylation sites (tertiary alicyclic amines) is 2. The number of H-pyrrole nitrogens is 1. The van der Waals surface area contributed by atoms with Crippen LogP contribution in [0.4, 0.5) is 0 Å². The van der Waals surface area contributed by atoms with Crippen LogP contribution in [0.1, 0.15) is 73.2 Å². The van der Waals surface area contributed by atoms with Gasteiger partial charge in [-0.05, 0) is 82.6 Å². The van der Waals surface area contributed by atoms with Gasteiger partial charge in [0.05, 0.1) is 5.60 Å². The van der Waals surface area contributed by atoms with Gasteiger partial charge in [0.2, 0.25) is 0 Å². The number of benzene rings is 1. The number of nitrogens with one attached hydrogen (secondary N) is 1. The van der Waals surface area contributed by atoms with E-state index < -0.39 is 5.60 Å². The number of hydrogen-bond acceptors (Lipinski definition) is 3. The van der Waals surface area contributed by atoms with Gasteiger partial charge in [0.25, 0.3) is 11.8 Å². The first kappa shape index (κ1) is 20.9. The minimum absolute atomic E-state index is 0.0109. The van der Waals surface area contributed by atoms with Crippen LogP contribution in [0.2, 0.25) is 0 Å². The predicted molar refractivity (Wildman–Crippen MR) is 118 cm³/mol. The van der Waals surface area contributed by atoms with Crippen molar-refractivity contribution in [2.24, 2.45) is 5.92 Å². The number of rotatable bonds is 4. The fourth-order valence-corrected chi connectivity index (χ4v) is 4.88. The number of hydrogen-bond donors (Lipinski definition) is 2. The summed E-state index contributed by atoms with van der Waals surface area (Å²) in [7, 11) is 0. The monoisotopic (exact) mass is 411 g/mol. The third kappa shape index (κ3) is 4.69. The summed E-state index contributed by atoms with van der Waals surface area (Å²) >= 11 is 0. The van der Waals surface area contributed by atoms with E-state index in [1.807, 2.05) is 47.9 Å². The smallest absolute Gasteiger partial charge is 0.270 e. The summed E-state index contributed by atoms with van der Waals surface area (Å²) < 4.78 is 0. The zero-order valence-corrected chi connectivity index (χ0v) is 18.1. The zero-order valence-electron chi connectivity index (χ0n) is 18.1. The second-order valence-electron chi connectivity index (χ2n) is 9.59. The Morgan fingerprint density at radius 2 is 1.67 bits per heavy atom. The molecule has 2 aliphatic heterocycles. The quantitative estimate of drug-likeness (QED) is 0.803. The molecule has 2 amide bonds. The van der Waals surface area contributed by atoms with Gasteiger partial charge in [0.15, 0.2) is 0 Å². The van der Waals surface area contributed by atoms with Crippen LogP contribution in [0.5, 0.6) is 0 Å². The molecule has 3 heterocycles. The summed E-state index contributed by atoms with van der Waals surface area (Å²) in [6, 6.07) is 7.52. The third-order valence-electron chi connectivity index (χ3n) is 6.43. The van der Waals surface area contributed by atoms with Crippen LogP contribution in [0.3, 0.4) is 0 Å².